The minimum absolute atomic E-state index is 0.104. The van der Waals surface area contributed by atoms with Crippen LogP contribution in [0.1, 0.15) is 318 Å². The third-order valence-electron chi connectivity index (χ3n) is 14.7. The molecule has 0 amide bonds. The lowest BCUT2D eigenvalue weighted by molar-refractivity contribution is -0.161. The molecule has 0 rings (SSSR count). The lowest BCUT2D eigenvalue weighted by Gasteiger charge is -2.21. The Bertz CT molecular complexity index is 1630. The van der Waals surface area contributed by atoms with Gasteiger partial charge in [0.25, 0.3) is 0 Å². The molecule has 0 aromatic rings. The minimum atomic E-state index is -4.94. The number of carbonyl (C=O) groups excluding carboxylic acids is 4. The number of phosphoric acid groups is 2. The fourth-order valence-corrected chi connectivity index (χ4v) is 11.1. The van der Waals surface area contributed by atoms with Gasteiger partial charge in [0.2, 0.25) is 0 Å². The van der Waals surface area contributed by atoms with E-state index >= 15 is 0 Å². The van der Waals surface area contributed by atoms with E-state index in [9.17, 15) is 43.2 Å². The second-order valence-electron chi connectivity index (χ2n) is 24.1. The molecule has 2 unspecified atom stereocenters. The highest BCUT2D eigenvalue weighted by atomic mass is 31.2. The van der Waals surface area contributed by atoms with Crippen LogP contribution in [0.4, 0.5) is 0 Å². The van der Waals surface area contributed by atoms with Crippen molar-refractivity contribution in [1.82, 2.24) is 0 Å². The molecule has 0 bridgehead atoms. The molecule has 0 saturated carbocycles. The standard InChI is InChI=1S/C64H124O17P2/c1-7-9-11-13-15-29-36-42-48-63(68)80-59(52-74-61(66)46-40-34-26-14-12-10-8-2)54-78-82(70,71)76-50-58(65)51-77-83(72,73)79-55-60(53-75-62(67)47-41-35-30-25-21-23-28-33-39-45-57(5)6)81-64(69)49-43-37-31-24-20-18-16-17-19-22-27-32-38-44-56(3)4/h56-60,65H,7-55H2,1-6H3,(H,70,71)(H,72,73)/t58-,59+,60+/m0/s1. The van der Waals surface area contributed by atoms with E-state index < -0.39 is 97.5 Å². The summed E-state index contributed by atoms with van der Waals surface area (Å²) < 4.78 is 67.8. The molecule has 17 nitrogen and oxygen atoms in total. The predicted octanol–water partition coefficient (Wildman–Crippen LogP) is 17.7. The van der Waals surface area contributed by atoms with Crippen LogP contribution in [0.5, 0.6) is 0 Å². The molecule has 0 aromatic heterocycles. The lowest BCUT2D eigenvalue weighted by atomic mass is 10.0. The van der Waals surface area contributed by atoms with Gasteiger partial charge in [-0.25, -0.2) is 9.13 Å². The SMILES string of the molecule is CCCCCCCCCCC(=O)O[C@H](COC(=O)CCCCCCCCC)COP(=O)(O)OC[C@H](O)COP(=O)(O)OC[C@@H](COC(=O)CCCCCCCCCCCC(C)C)OC(=O)CCCCCCCCCCCCCCCC(C)C. The second-order valence-corrected chi connectivity index (χ2v) is 27.0. The molecule has 0 spiro atoms. The summed E-state index contributed by atoms with van der Waals surface area (Å²) in [6.45, 7) is 9.43. The van der Waals surface area contributed by atoms with Gasteiger partial charge >= 0.3 is 39.5 Å². The van der Waals surface area contributed by atoms with Gasteiger partial charge in [-0.1, -0.05) is 266 Å². The topological polar surface area (TPSA) is 237 Å². The van der Waals surface area contributed by atoms with Crippen LogP contribution in [-0.2, 0) is 65.4 Å². The van der Waals surface area contributed by atoms with Crippen molar-refractivity contribution in [3.63, 3.8) is 0 Å². The first kappa shape index (κ1) is 81.1. The van der Waals surface area contributed by atoms with Crippen LogP contribution in [0, 0.1) is 11.8 Å². The van der Waals surface area contributed by atoms with E-state index in [1.165, 1.54) is 116 Å². The van der Waals surface area contributed by atoms with E-state index in [0.29, 0.717) is 25.7 Å². The van der Waals surface area contributed by atoms with Crippen molar-refractivity contribution in [2.24, 2.45) is 11.8 Å². The summed E-state index contributed by atoms with van der Waals surface area (Å²) in [6, 6.07) is 0. The summed E-state index contributed by atoms with van der Waals surface area (Å²) in [5.74, 6) is -0.610. The zero-order valence-electron chi connectivity index (χ0n) is 53.5. The van der Waals surface area contributed by atoms with Gasteiger partial charge in [0.1, 0.15) is 19.3 Å². The maximum Gasteiger partial charge on any atom is 0.472 e. The Morgan fingerprint density at radius 3 is 0.819 bits per heavy atom. The van der Waals surface area contributed by atoms with Crippen LogP contribution in [-0.4, -0.2) is 96.7 Å². The van der Waals surface area contributed by atoms with Crippen LogP contribution in [0.15, 0.2) is 0 Å². The molecule has 0 aromatic carbocycles. The summed E-state index contributed by atoms with van der Waals surface area (Å²) in [5.41, 5.74) is 0. The van der Waals surface area contributed by atoms with Gasteiger partial charge in [0, 0.05) is 25.7 Å². The average Bonchev–Trinajstić information content (AvgIpc) is 3.45. The average molecular weight is 1230 g/mol. The van der Waals surface area contributed by atoms with E-state index in [2.05, 4.69) is 41.5 Å². The van der Waals surface area contributed by atoms with Crippen molar-refractivity contribution in [2.45, 2.75) is 336 Å². The predicted molar refractivity (Wildman–Crippen MR) is 331 cm³/mol. The first-order chi connectivity index (χ1) is 39.9. The number of ether oxygens (including phenoxy) is 4. The van der Waals surface area contributed by atoms with Crippen LogP contribution in [0.2, 0.25) is 0 Å². The van der Waals surface area contributed by atoms with Crippen molar-refractivity contribution >= 4 is 39.5 Å². The number of unbranched alkanes of at least 4 members (excludes halogenated alkanes) is 33. The molecule has 0 aliphatic heterocycles. The van der Waals surface area contributed by atoms with Crippen molar-refractivity contribution < 1.29 is 80.2 Å². The van der Waals surface area contributed by atoms with E-state index in [1.54, 1.807) is 0 Å². The number of aliphatic hydroxyl groups is 1. The summed E-state index contributed by atoms with van der Waals surface area (Å²) in [7, 11) is -9.88. The zero-order valence-corrected chi connectivity index (χ0v) is 55.3. The van der Waals surface area contributed by atoms with Crippen molar-refractivity contribution in [2.75, 3.05) is 39.6 Å². The Balaban J connectivity index is 5.19. The van der Waals surface area contributed by atoms with E-state index in [0.717, 1.165) is 121 Å². The summed E-state index contributed by atoms with van der Waals surface area (Å²) >= 11 is 0. The fourth-order valence-electron chi connectivity index (χ4n) is 9.53. The Morgan fingerprint density at radius 2 is 0.554 bits per heavy atom. The van der Waals surface area contributed by atoms with E-state index in [1.807, 2.05) is 0 Å². The van der Waals surface area contributed by atoms with Gasteiger partial charge in [-0.3, -0.25) is 37.3 Å². The Morgan fingerprint density at radius 1 is 0.325 bits per heavy atom. The molecular weight excluding hydrogens is 1100 g/mol. The Kier molecular flexibility index (Phi) is 55.2. The molecule has 0 aliphatic rings. The summed E-state index contributed by atoms with van der Waals surface area (Å²) in [5, 5.41) is 10.5. The Hall–Kier alpha value is -1.94. The molecule has 0 fully saturated rings. The molecule has 0 saturated heterocycles. The third kappa shape index (κ3) is 58.8. The molecule has 3 N–H and O–H groups in total. The number of rotatable bonds is 63. The van der Waals surface area contributed by atoms with Crippen molar-refractivity contribution in [3.8, 4) is 0 Å². The second kappa shape index (κ2) is 56.6. The van der Waals surface area contributed by atoms with Crippen LogP contribution < -0.4 is 0 Å². The normalized spacial score (nSPS) is 14.3. The monoisotopic (exact) mass is 1230 g/mol. The number of hydrogen-bond acceptors (Lipinski definition) is 15. The van der Waals surface area contributed by atoms with Crippen LogP contribution in [0.25, 0.3) is 0 Å². The first-order valence-electron chi connectivity index (χ1n) is 33.5. The smallest absolute Gasteiger partial charge is 0.462 e. The van der Waals surface area contributed by atoms with E-state index in [-0.39, 0.29) is 25.7 Å². The highest BCUT2D eigenvalue weighted by Crippen LogP contribution is 2.45. The Labute approximate surface area is 505 Å². The third-order valence-corrected chi connectivity index (χ3v) is 16.6. The fraction of sp³-hybridized carbons (Fsp3) is 0.938. The zero-order chi connectivity index (χ0) is 61.5. The highest BCUT2D eigenvalue weighted by molar-refractivity contribution is 7.47. The van der Waals surface area contributed by atoms with Gasteiger partial charge in [-0.2, -0.15) is 0 Å². The van der Waals surface area contributed by atoms with Crippen molar-refractivity contribution in [1.29, 1.82) is 0 Å². The van der Waals surface area contributed by atoms with Gasteiger partial charge < -0.3 is 33.8 Å². The highest BCUT2D eigenvalue weighted by Gasteiger charge is 2.30. The van der Waals surface area contributed by atoms with Crippen molar-refractivity contribution in [3.05, 3.63) is 0 Å². The molecule has 19 heteroatoms. The lowest BCUT2D eigenvalue weighted by Crippen LogP contribution is -2.30. The van der Waals surface area contributed by atoms with E-state index in [4.69, 9.17) is 37.0 Å². The number of carbonyl (C=O) groups is 4. The molecule has 83 heavy (non-hydrogen) atoms. The number of phosphoric ester groups is 2. The van der Waals surface area contributed by atoms with Gasteiger partial charge in [-0.05, 0) is 37.5 Å². The summed E-state index contributed by atoms with van der Waals surface area (Å²) in [6.07, 6.45) is 39.1. The van der Waals surface area contributed by atoms with Gasteiger partial charge in [-0.15, -0.1) is 0 Å². The maximum absolute atomic E-state index is 13.0. The number of hydrogen-bond donors (Lipinski definition) is 3. The molecule has 492 valence electrons. The molecule has 0 heterocycles. The van der Waals surface area contributed by atoms with Gasteiger partial charge in [0.05, 0.1) is 26.4 Å². The first-order valence-corrected chi connectivity index (χ1v) is 36.5. The quantitative estimate of drug-likeness (QED) is 0.0222. The molecule has 5 atom stereocenters. The number of esters is 4. The molecule has 0 aliphatic carbocycles. The molecule has 0 radical (unpaired) electrons. The maximum atomic E-state index is 13.0. The number of aliphatic hydroxyl groups excluding tert-OH is 1. The molecular formula is C64H124O17P2. The van der Waals surface area contributed by atoms with Crippen LogP contribution >= 0.6 is 15.6 Å². The van der Waals surface area contributed by atoms with Gasteiger partial charge in [0.15, 0.2) is 12.2 Å². The van der Waals surface area contributed by atoms with Crippen LogP contribution in [0.3, 0.4) is 0 Å². The minimum Gasteiger partial charge on any atom is -0.462 e. The summed E-state index contributed by atoms with van der Waals surface area (Å²) in [4.78, 5) is 72.0. The largest absolute Gasteiger partial charge is 0.472 e.